The predicted molar refractivity (Wildman–Crippen MR) is 52.8 cm³/mol. The molecular formula is C9H16F6N2O. The van der Waals surface area contributed by atoms with Crippen LogP contribution in [-0.4, -0.2) is 54.1 Å². The van der Waals surface area contributed by atoms with Gasteiger partial charge in [-0.15, -0.1) is 0 Å². The van der Waals surface area contributed by atoms with Crippen molar-refractivity contribution < 1.29 is 31.4 Å². The molecule has 110 valence electrons. The number of aliphatic hydroxyl groups excluding tert-OH is 1. The minimum Gasteiger partial charge on any atom is -0.395 e. The Morgan fingerprint density at radius 3 is 1.94 bits per heavy atom. The number of nitrogens with two attached hydrogens (primary N) is 1. The summed E-state index contributed by atoms with van der Waals surface area (Å²) >= 11 is 0. The Hall–Kier alpha value is -0.540. The predicted octanol–water partition coefficient (Wildman–Crippen LogP) is 1.51. The maximum atomic E-state index is 12.7. The third-order valence-corrected chi connectivity index (χ3v) is 2.38. The molecule has 2 unspecified atom stereocenters. The monoisotopic (exact) mass is 282 g/mol. The second kappa shape index (κ2) is 6.58. The number of rotatable bonds is 6. The first-order valence-electron chi connectivity index (χ1n) is 5.27. The van der Waals surface area contributed by atoms with Crippen LogP contribution < -0.4 is 5.73 Å². The first-order chi connectivity index (χ1) is 8.03. The molecule has 0 aromatic carbocycles. The van der Waals surface area contributed by atoms with E-state index in [1.807, 2.05) is 0 Å². The molecule has 3 N–H and O–H groups in total. The lowest BCUT2D eigenvalue weighted by Crippen LogP contribution is -2.58. The summed E-state index contributed by atoms with van der Waals surface area (Å²) in [6.07, 6.45) is -9.79. The van der Waals surface area contributed by atoms with Gasteiger partial charge in [-0.1, -0.05) is 6.92 Å². The van der Waals surface area contributed by atoms with Crippen molar-refractivity contribution in [1.82, 2.24) is 4.90 Å². The largest absolute Gasteiger partial charge is 0.405 e. The topological polar surface area (TPSA) is 49.5 Å². The third kappa shape index (κ3) is 5.87. The summed E-state index contributed by atoms with van der Waals surface area (Å²) in [4.78, 5) is 0.119. The summed E-state index contributed by atoms with van der Waals surface area (Å²) in [6, 6.07) is -3.89. The maximum absolute atomic E-state index is 12.7. The smallest absolute Gasteiger partial charge is 0.395 e. The second-order valence-electron chi connectivity index (χ2n) is 3.87. The number of halogens is 6. The molecule has 0 fully saturated rings. The highest BCUT2D eigenvalue weighted by Gasteiger charge is 2.49. The lowest BCUT2D eigenvalue weighted by Gasteiger charge is -2.36. The van der Waals surface area contributed by atoms with Crippen molar-refractivity contribution in [3.63, 3.8) is 0 Å². The van der Waals surface area contributed by atoms with Crippen LogP contribution in [0.15, 0.2) is 0 Å². The summed E-state index contributed by atoms with van der Waals surface area (Å²) in [5, 5.41) is 8.59. The fourth-order valence-electron chi connectivity index (χ4n) is 1.62. The quantitative estimate of drug-likeness (QED) is 0.726. The van der Waals surface area contributed by atoms with Crippen LogP contribution in [0, 0.1) is 0 Å². The molecule has 0 saturated heterocycles. The second-order valence-corrected chi connectivity index (χ2v) is 3.87. The molecule has 0 rings (SSSR count). The van der Waals surface area contributed by atoms with Crippen LogP contribution in [0.1, 0.15) is 13.3 Å². The van der Waals surface area contributed by atoms with E-state index in [4.69, 9.17) is 10.8 Å². The SMILES string of the molecule is CCC(N)C(N(CCO)CC(F)(F)F)C(F)(F)F. The van der Waals surface area contributed by atoms with Crippen LogP contribution >= 0.6 is 0 Å². The van der Waals surface area contributed by atoms with Crippen molar-refractivity contribution in [3.8, 4) is 0 Å². The minimum atomic E-state index is -4.88. The van der Waals surface area contributed by atoms with Crippen LogP contribution in [0.25, 0.3) is 0 Å². The van der Waals surface area contributed by atoms with Gasteiger partial charge in [0, 0.05) is 12.6 Å². The zero-order valence-electron chi connectivity index (χ0n) is 9.72. The maximum Gasteiger partial charge on any atom is 0.405 e. The number of alkyl halides is 6. The van der Waals surface area contributed by atoms with Crippen LogP contribution in [0.4, 0.5) is 26.3 Å². The molecule has 0 radical (unpaired) electrons. The van der Waals surface area contributed by atoms with E-state index in [9.17, 15) is 26.3 Å². The van der Waals surface area contributed by atoms with E-state index in [-0.39, 0.29) is 11.3 Å². The molecule has 0 aliphatic rings. The van der Waals surface area contributed by atoms with Gasteiger partial charge in [0.1, 0.15) is 6.04 Å². The van der Waals surface area contributed by atoms with Gasteiger partial charge in [0.05, 0.1) is 13.2 Å². The Morgan fingerprint density at radius 1 is 1.17 bits per heavy atom. The molecule has 0 saturated carbocycles. The van der Waals surface area contributed by atoms with E-state index in [1.165, 1.54) is 6.92 Å². The molecule has 0 aromatic heterocycles. The normalized spacial score (nSPS) is 17.0. The lowest BCUT2D eigenvalue weighted by atomic mass is 10.0. The Kier molecular flexibility index (Phi) is 6.38. The Bertz CT molecular complexity index is 242. The lowest BCUT2D eigenvalue weighted by molar-refractivity contribution is -0.214. The van der Waals surface area contributed by atoms with Crippen molar-refractivity contribution in [3.05, 3.63) is 0 Å². The molecule has 0 amide bonds. The number of nitrogens with zero attached hydrogens (tertiary/aromatic N) is 1. The van der Waals surface area contributed by atoms with Crippen molar-refractivity contribution in [2.45, 2.75) is 37.8 Å². The average molecular weight is 282 g/mol. The molecule has 0 aliphatic heterocycles. The van der Waals surface area contributed by atoms with Gasteiger partial charge < -0.3 is 10.8 Å². The van der Waals surface area contributed by atoms with Crippen LogP contribution in [-0.2, 0) is 0 Å². The summed E-state index contributed by atoms with van der Waals surface area (Å²) in [5.74, 6) is 0. The highest BCUT2D eigenvalue weighted by molar-refractivity contribution is 4.88. The summed E-state index contributed by atoms with van der Waals surface area (Å²) in [5.41, 5.74) is 5.24. The molecule has 0 heterocycles. The van der Waals surface area contributed by atoms with Crippen LogP contribution in [0.5, 0.6) is 0 Å². The van der Waals surface area contributed by atoms with E-state index in [0.717, 1.165) is 0 Å². The van der Waals surface area contributed by atoms with E-state index < -0.39 is 44.1 Å². The minimum absolute atomic E-state index is 0.119. The van der Waals surface area contributed by atoms with E-state index in [0.29, 0.717) is 0 Å². The molecule has 3 nitrogen and oxygen atoms in total. The fraction of sp³-hybridized carbons (Fsp3) is 1.00. The van der Waals surface area contributed by atoms with Gasteiger partial charge in [0.2, 0.25) is 0 Å². The van der Waals surface area contributed by atoms with Crippen molar-refractivity contribution in [1.29, 1.82) is 0 Å². The fourth-order valence-corrected chi connectivity index (χ4v) is 1.62. The third-order valence-electron chi connectivity index (χ3n) is 2.38. The molecule has 0 aromatic rings. The Labute approximate surface area is 101 Å². The number of aliphatic hydroxyl groups is 1. The molecular weight excluding hydrogens is 266 g/mol. The van der Waals surface area contributed by atoms with Gasteiger partial charge in [-0.25, -0.2) is 0 Å². The van der Waals surface area contributed by atoms with Crippen molar-refractivity contribution in [2.24, 2.45) is 5.73 Å². The van der Waals surface area contributed by atoms with E-state index in [1.54, 1.807) is 0 Å². The summed E-state index contributed by atoms with van der Waals surface area (Å²) in [7, 11) is 0. The Morgan fingerprint density at radius 2 is 1.67 bits per heavy atom. The van der Waals surface area contributed by atoms with Crippen LogP contribution in [0.3, 0.4) is 0 Å². The van der Waals surface area contributed by atoms with Gasteiger partial charge in [-0.2, -0.15) is 26.3 Å². The highest BCUT2D eigenvalue weighted by Crippen LogP contribution is 2.30. The van der Waals surface area contributed by atoms with Crippen molar-refractivity contribution in [2.75, 3.05) is 19.7 Å². The Balaban J connectivity index is 5.10. The zero-order valence-corrected chi connectivity index (χ0v) is 9.72. The van der Waals surface area contributed by atoms with Gasteiger partial charge in [0.15, 0.2) is 0 Å². The first kappa shape index (κ1) is 17.5. The van der Waals surface area contributed by atoms with E-state index >= 15 is 0 Å². The molecule has 0 aliphatic carbocycles. The average Bonchev–Trinajstić information content (AvgIpc) is 2.13. The van der Waals surface area contributed by atoms with Crippen molar-refractivity contribution >= 4 is 0 Å². The van der Waals surface area contributed by atoms with Crippen LogP contribution in [0.2, 0.25) is 0 Å². The van der Waals surface area contributed by atoms with E-state index in [2.05, 4.69) is 0 Å². The number of hydrogen-bond donors (Lipinski definition) is 2. The molecule has 9 heteroatoms. The summed E-state index contributed by atoms with van der Waals surface area (Å²) < 4.78 is 74.8. The van der Waals surface area contributed by atoms with Gasteiger partial charge in [-0.05, 0) is 6.42 Å². The highest BCUT2D eigenvalue weighted by atomic mass is 19.4. The zero-order chi connectivity index (χ0) is 14.6. The summed E-state index contributed by atoms with van der Waals surface area (Å²) in [6.45, 7) is -1.95. The first-order valence-corrected chi connectivity index (χ1v) is 5.27. The molecule has 2 atom stereocenters. The molecule has 0 bridgehead atoms. The number of hydrogen-bond acceptors (Lipinski definition) is 3. The molecule has 18 heavy (non-hydrogen) atoms. The standard InChI is InChI=1S/C9H16F6N2O/c1-2-6(16)7(9(13,14)15)17(3-4-18)5-8(10,11)12/h6-7,18H,2-5,16H2,1H3. The van der Waals surface area contributed by atoms with Gasteiger partial charge in [-0.3, -0.25) is 4.90 Å². The molecule has 0 spiro atoms. The van der Waals surface area contributed by atoms with Gasteiger partial charge >= 0.3 is 12.4 Å². The van der Waals surface area contributed by atoms with Gasteiger partial charge in [0.25, 0.3) is 0 Å².